The van der Waals surface area contributed by atoms with Gasteiger partial charge in [0, 0.05) is 44.9 Å². The van der Waals surface area contributed by atoms with Gasteiger partial charge in [0.05, 0.1) is 0 Å². The Hall–Kier alpha value is -9.70. The topological polar surface area (TPSA) is 6.48 Å². The average Bonchev–Trinajstić information content (AvgIpc) is 3.57. The van der Waals surface area contributed by atoms with Crippen molar-refractivity contribution >= 4 is 122 Å². The summed E-state index contributed by atoms with van der Waals surface area (Å²) in [6.45, 7) is -0.0801. The number of nitrogens with zero attached hydrogens (tertiary/aromatic N) is 2. The van der Waals surface area contributed by atoms with E-state index in [2.05, 4.69) is 283 Å². The zero-order valence-electron chi connectivity index (χ0n) is 41.0. The molecule has 0 unspecified atom stereocenters. The van der Waals surface area contributed by atoms with Gasteiger partial charge in [-0.3, -0.25) is 0 Å². The number of anilines is 6. The summed E-state index contributed by atoms with van der Waals surface area (Å²) in [5.74, 6) is 0. The molecule has 0 fully saturated rings. The molecule has 75 heavy (non-hydrogen) atoms. The van der Waals surface area contributed by atoms with Crippen LogP contribution in [0.5, 0.6) is 0 Å². The van der Waals surface area contributed by atoms with Crippen LogP contribution in [0.15, 0.2) is 273 Å². The van der Waals surface area contributed by atoms with Gasteiger partial charge in [-0.15, -0.1) is 0 Å². The van der Waals surface area contributed by atoms with Crippen LogP contribution in [-0.2, 0) is 0 Å². The van der Waals surface area contributed by atoms with E-state index < -0.39 is 0 Å². The van der Waals surface area contributed by atoms with Crippen LogP contribution in [0.2, 0.25) is 0 Å². The minimum absolute atomic E-state index is 0.0801. The van der Waals surface area contributed by atoms with Crippen molar-refractivity contribution in [2.75, 3.05) is 9.80 Å². The molecule has 0 aromatic heterocycles. The number of benzene rings is 14. The first-order valence-corrected chi connectivity index (χ1v) is 26.1. The Bertz CT molecular complexity index is 4410. The molecule has 0 aliphatic carbocycles. The average molecular weight is 949 g/mol. The zero-order chi connectivity index (χ0) is 49.1. The van der Waals surface area contributed by atoms with Crippen molar-refractivity contribution in [1.82, 2.24) is 0 Å². The first-order valence-electron chi connectivity index (χ1n) is 26.1. The highest BCUT2D eigenvalue weighted by Gasteiger charge is 2.45. The van der Waals surface area contributed by atoms with Crippen LogP contribution in [0, 0.1) is 0 Å². The van der Waals surface area contributed by atoms with Gasteiger partial charge in [0.1, 0.15) is 0 Å². The molecule has 2 aliphatic heterocycles. The lowest BCUT2D eigenvalue weighted by atomic mass is 9.33. The molecule has 0 atom stereocenters. The number of rotatable bonds is 5. The molecule has 0 bridgehead atoms. The van der Waals surface area contributed by atoms with E-state index in [1.54, 1.807) is 0 Å². The van der Waals surface area contributed by atoms with Crippen molar-refractivity contribution in [3.05, 3.63) is 273 Å². The number of hydrogen-bond acceptors (Lipinski definition) is 2. The summed E-state index contributed by atoms with van der Waals surface area (Å²) in [7, 11) is 0. The van der Waals surface area contributed by atoms with Gasteiger partial charge in [0.2, 0.25) is 0 Å². The van der Waals surface area contributed by atoms with Crippen molar-refractivity contribution in [3.63, 3.8) is 0 Å². The van der Waals surface area contributed by atoms with Crippen molar-refractivity contribution in [3.8, 4) is 33.4 Å². The third-order valence-electron chi connectivity index (χ3n) is 16.3. The van der Waals surface area contributed by atoms with Gasteiger partial charge in [-0.25, -0.2) is 0 Å². The van der Waals surface area contributed by atoms with Crippen molar-refractivity contribution in [2.24, 2.45) is 0 Å². The second-order valence-electron chi connectivity index (χ2n) is 20.4. The van der Waals surface area contributed by atoms with Crippen LogP contribution in [-0.4, -0.2) is 6.71 Å². The molecule has 14 aromatic carbocycles. The quantitative estimate of drug-likeness (QED) is 0.0964. The fraction of sp³-hybridized carbons (Fsp3) is 0. The SMILES string of the molecule is c1ccc(-c2ccc(N3c4cc(-c5ccc6cc7ccccc7cc6c5)cc5c4B(c4ccc6c(ccc7ccccc76)c43)c3ccc4c(ccc6ccccc64)c3N5c3ccc(-c4ccccc4)cc3)cc2)cc1. The van der Waals surface area contributed by atoms with Gasteiger partial charge in [-0.05, 0) is 158 Å². The highest BCUT2D eigenvalue weighted by atomic mass is 15.2. The highest BCUT2D eigenvalue weighted by Crippen LogP contribution is 2.50. The molecule has 2 nitrogen and oxygen atoms in total. The second kappa shape index (κ2) is 16.4. The molecular weight excluding hydrogens is 904 g/mol. The van der Waals surface area contributed by atoms with Gasteiger partial charge < -0.3 is 9.80 Å². The predicted molar refractivity (Wildman–Crippen MR) is 322 cm³/mol. The van der Waals surface area contributed by atoms with Crippen LogP contribution < -0.4 is 26.2 Å². The number of fused-ring (bicyclic) bond motifs is 14. The van der Waals surface area contributed by atoms with Gasteiger partial charge in [0.25, 0.3) is 6.71 Å². The summed E-state index contributed by atoms with van der Waals surface area (Å²) < 4.78 is 0. The van der Waals surface area contributed by atoms with Crippen LogP contribution in [0.1, 0.15) is 0 Å². The Labute approximate surface area is 435 Å². The van der Waals surface area contributed by atoms with E-state index in [1.807, 2.05) is 0 Å². The Balaban J connectivity index is 1.03. The first-order chi connectivity index (χ1) is 37.2. The lowest BCUT2D eigenvalue weighted by Crippen LogP contribution is -2.61. The molecule has 0 N–H and O–H groups in total. The Morgan fingerprint density at radius 3 is 1.12 bits per heavy atom. The summed E-state index contributed by atoms with van der Waals surface area (Å²) in [6.07, 6.45) is 0. The van der Waals surface area contributed by atoms with E-state index >= 15 is 0 Å². The smallest absolute Gasteiger partial charge is 0.252 e. The molecule has 346 valence electrons. The second-order valence-corrected chi connectivity index (χ2v) is 20.4. The van der Waals surface area contributed by atoms with Gasteiger partial charge in [0.15, 0.2) is 0 Å². The number of hydrogen-bond donors (Lipinski definition) is 0. The maximum atomic E-state index is 2.60. The zero-order valence-corrected chi connectivity index (χ0v) is 41.0. The summed E-state index contributed by atoms with van der Waals surface area (Å²) in [6, 6.07) is 102. The fourth-order valence-electron chi connectivity index (χ4n) is 12.8. The Morgan fingerprint density at radius 1 is 0.227 bits per heavy atom. The van der Waals surface area contributed by atoms with E-state index in [-0.39, 0.29) is 6.71 Å². The lowest BCUT2D eigenvalue weighted by Gasteiger charge is -2.45. The largest absolute Gasteiger partial charge is 0.311 e. The van der Waals surface area contributed by atoms with Gasteiger partial charge >= 0.3 is 0 Å². The van der Waals surface area contributed by atoms with Crippen molar-refractivity contribution in [1.29, 1.82) is 0 Å². The molecule has 0 saturated heterocycles. The molecule has 3 heteroatoms. The molecular formula is C72H45BN2. The summed E-state index contributed by atoms with van der Waals surface area (Å²) >= 11 is 0. The van der Waals surface area contributed by atoms with Crippen LogP contribution in [0.3, 0.4) is 0 Å². The van der Waals surface area contributed by atoms with E-state index in [1.165, 1.54) is 132 Å². The molecule has 16 rings (SSSR count). The molecule has 2 aliphatic rings. The minimum Gasteiger partial charge on any atom is -0.311 e. The van der Waals surface area contributed by atoms with E-state index in [0.717, 1.165) is 16.9 Å². The monoisotopic (exact) mass is 948 g/mol. The van der Waals surface area contributed by atoms with E-state index in [0.29, 0.717) is 0 Å². The molecule has 2 heterocycles. The fourth-order valence-corrected chi connectivity index (χ4v) is 12.8. The molecule has 0 spiro atoms. The summed E-state index contributed by atoms with van der Waals surface area (Å²) in [4.78, 5) is 5.20. The third-order valence-corrected chi connectivity index (χ3v) is 16.3. The maximum Gasteiger partial charge on any atom is 0.252 e. The third kappa shape index (κ3) is 6.48. The summed E-state index contributed by atoms with van der Waals surface area (Å²) in [5.41, 5.74) is 18.1. The maximum absolute atomic E-state index is 2.60. The van der Waals surface area contributed by atoms with Crippen LogP contribution >= 0.6 is 0 Å². The minimum atomic E-state index is -0.0801. The van der Waals surface area contributed by atoms with Crippen LogP contribution in [0.4, 0.5) is 34.1 Å². The normalized spacial score (nSPS) is 12.7. The van der Waals surface area contributed by atoms with Crippen molar-refractivity contribution in [2.45, 2.75) is 0 Å². The predicted octanol–water partition coefficient (Wildman–Crippen LogP) is 17.7. The van der Waals surface area contributed by atoms with Crippen molar-refractivity contribution < 1.29 is 0 Å². The lowest BCUT2D eigenvalue weighted by molar-refractivity contribution is 1.27. The molecule has 0 saturated carbocycles. The van der Waals surface area contributed by atoms with Crippen LogP contribution in [0.25, 0.3) is 98.0 Å². The highest BCUT2D eigenvalue weighted by molar-refractivity contribution is 7.01. The van der Waals surface area contributed by atoms with Gasteiger partial charge in [-0.2, -0.15) is 0 Å². The first kappa shape index (κ1) is 41.9. The van der Waals surface area contributed by atoms with E-state index in [9.17, 15) is 0 Å². The molecule has 14 aromatic rings. The standard InChI is InChI=1S/C72H45BN2/c1-3-13-46(14-4-1)48-25-31-58(32-26-48)74-68-44-57(55-24-23-54-41-52-19-7-8-20-53(52)42-56(54)43-55)45-69-70(68)73(66-39-37-62-60-21-11-9-17-50(60)29-35-64(62)71(66)74)67-40-38-63-61-22-12-10-18-51(61)30-36-65(63)72(67)75(69)59-33-27-49(28-34-59)47-15-5-2-6-16-47/h1-45H. The summed E-state index contributed by atoms with van der Waals surface area (Å²) in [5, 5.41) is 14.9. The Kier molecular flexibility index (Phi) is 9.16. The molecule has 0 amide bonds. The van der Waals surface area contributed by atoms with Gasteiger partial charge in [-0.1, -0.05) is 218 Å². The Morgan fingerprint density at radius 2 is 0.613 bits per heavy atom. The van der Waals surface area contributed by atoms with E-state index in [4.69, 9.17) is 0 Å². The molecule has 0 radical (unpaired) electrons.